The Morgan fingerprint density at radius 2 is 1.90 bits per heavy atom. The van der Waals surface area contributed by atoms with Crippen molar-refractivity contribution in [1.82, 2.24) is 4.72 Å². The van der Waals surface area contributed by atoms with E-state index in [0.717, 1.165) is 11.1 Å². The van der Waals surface area contributed by atoms with Crippen molar-refractivity contribution in [3.8, 4) is 0 Å². The van der Waals surface area contributed by atoms with Gasteiger partial charge in [0.05, 0.1) is 12.9 Å². The highest BCUT2D eigenvalue weighted by Gasteiger charge is 2.16. The lowest BCUT2D eigenvalue weighted by Gasteiger charge is -2.14. The first-order chi connectivity index (χ1) is 9.34. The van der Waals surface area contributed by atoms with Crippen LogP contribution in [0.5, 0.6) is 0 Å². The molecule has 0 spiro atoms. The monoisotopic (exact) mass is 299 g/mol. The van der Waals surface area contributed by atoms with Gasteiger partial charge in [0.2, 0.25) is 10.0 Å². The fourth-order valence-electron chi connectivity index (χ4n) is 1.76. The molecule has 0 aliphatic heterocycles. The number of nitrogens with one attached hydrogen (secondary N) is 1. The van der Waals surface area contributed by atoms with Gasteiger partial charge in [0.1, 0.15) is 0 Å². The summed E-state index contributed by atoms with van der Waals surface area (Å²) in [5.74, 6) is -0.482. The number of benzene rings is 1. The molecular weight excluding hydrogens is 278 g/mol. The first kappa shape index (κ1) is 16.7. The summed E-state index contributed by atoms with van der Waals surface area (Å²) in [6.45, 7) is 3.77. The molecule has 1 rings (SSSR count). The number of carbonyl (C=O) groups excluding carboxylic acids is 1. The fraction of sp³-hybridized carbons (Fsp3) is 0.500. The number of esters is 1. The SMILES string of the molecule is COC(=O)CCCS(=O)(=O)NC(C)c1ccc(C)cc1. The van der Waals surface area contributed by atoms with Crippen molar-refractivity contribution in [2.45, 2.75) is 32.7 Å². The molecule has 0 bridgehead atoms. The Kier molecular flexibility index (Phi) is 6.16. The van der Waals surface area contributed by atoms with E-state index in [0.29, 0.717) is 0 Å². The van der Waals surface area contributed by atoms with E-state index >= 15 is 0 Å². The predicted molar refractivity (Wildman–Crippen MR) is 77.8 cm³/mol. The van der Waals surface area contributed by atoms with E-state index in [1.54, 1.807) is 6.92 Å². The molecular formula is C14H21NO4S. The molecule has 0 amide bonds. The number of methoxy groups -OCH3 is 1. The highest BCUT2D eigenvalue weighted by atomic mass is 32.2. The summed E-state index contributed by atoms with van der Waals surface area (Å²) < 4.78 is 30.9. The molecule has 0 aliphatic rings. The second kappa shape index (κ2) is 7.40. The molecule has 0 saturated heterocycles. The van der Waals surface area contributed by atoms with Gasteiger partial charge in [0, 0.05) is 12.5 Å². The van der Waals surface area contributed by atoms with Gasteiger partial charge in [-0.15, -0.1) is 0 Å². The Hall–Kier alpha value is -1.40. The van der Waals surface area contributed by atoms with Gasteiger partial charge in [-0.25, -0.2) is 13.1 Å². The van der Waals surface area contributed by atoms with E-state index in [1.165, 1.54) is 7.11 Å². The molecule has 0 aromatic heterocycles. The minimum absolute atomic E-state index is 0.0850. The van der Waals surface area contributed by atoms with E-state index in [1.807, 2.05) is 31.2 Å². The normalized spacial score (nSPS) is 12.9. The molecule has 5 nitrogen and oxygen atoms in total. The number of sulfonamides is 1. The quantitative estimate of drug-likeness (QED) is 0.781. The summed E-state index contributed by atoms with van der Waals surface area (Å²) in [7, 11) is -2.11. The van der Waals surface area contributed by atoms with Gasteiger partial charge < -0.3 is 4.74 Å². The molecule has 1 unspecified atom stereocenters. The van der Waals surface area contributed by atoms with E-state index in [2.05, 4.69) is 9.46 Å². The molecule has 0 fully saturated rings. The van der Waals surface area contributed by atoms with Crippen LogP contribution >= 0.6 is 0 Å². The third-order valence-corrected chi connectivity index (χ3v) is 4.49. The second-order valence-electron chi connectivity index (χ2n) is 4.75. The molecule has 20 heavy (non-hydrogen) atoms. The molecule has 6 heteroatoms. The van der Waals surface area contributed by atoms with Crippen LogP contribution in [0.25, 0.3) is 0 Å². The van der Waals surface area contributed by atoms with Crippen LogP contribution in [0.4, 0.5) is 0 Å². The van der Waals surface area contributed by atoms with Gasteiger partial charge in [0.25, 0.3) is 0 Å². The molecule has 1 aromatic carbocycles. The van der Waals surface area contributed by atoms with Crippen LogP contribution in [0.3, 0.4) is 0 Å². The maximum Gasteiger partial charge on any atom is 0.305 e. The van der Waals surface area contributed by atoms with Crippen LogP contribution in [-0.4, -0.2) is 27.2 Å². The zero-order valence-electron chi connectivity index (χ0n) is 12.0. The van der Waals surface area contributed by atoms with E-state index in [4.69, 9.17) is 0 Å². The number of aryl methyl sites for hydroxylation is 1. The topological polar surface area (TPSA) is 72.5 Å². The van der Waals surface area contributed by atoms with E-state index in [-0.39, 0.29) is 24.6 Å². The highest BCUT2D eigenvalue weighted by Crippen LogP contribution is 2.14. The Morgan fingerprint density at radius 3 is 2.45 bits per heavy atom. The van der Waals surface area contributed by atoms with Crippen LogP contribution in [0, 0.1) is 6.92 Å². The molecule has 1 N–H and O–H groups in total. The maximum atomic E-state index is 11.9. The number of rotatable bonds is 7. The largest absolute Gasteiger partial charge is 0.469 e. The van der Waals surface area contributed by atoms with Gasteiger partial charge in [-0.2, -0.15) is 0 Å². The van der Waals surface area contributed by atoms with Gasteiger partial charge in [-0.05, 0) is 25.8 Å². The summed E-state index contributed by atoms with van der Waals surface area (Å²) in [5, 5.41) is 0. The predicted octanol–water partition coefficient (Wildman–Crippen LogP) is 1.93. The summed E-state index contributed by atoms with van der Waals surface area (Å²) in [4.78, 5) is 10.9. The van der Waals surface area contributed by atoms with E-state index < -0.39 is 16.0 Å². The Bertz CT molecular complexity index is 537. The molecule has 0 heterocycles. The number of carbonyl (C=O) groups is 1. The minimum Gasteiger partial charge on any atom is -0.469 e. The fourth-order valence-corrected chi connectivity index (χ4v) is 3.08. The number of ether oxygens (including phenoxy) is 1. The van der Waals surface area contributed by atoms with Crippen molar-refractivity contribution in [1.29, 1.82) is 0 Å². The van der Waals surface area contributed by atoms with Crippen LogP contribution in [0.15, 0.2) is 24.3 Å². The zero-order valence-corrected chi connectivity index (χ0v) is 12.9. The smallest absolute Gasteiger partial charge is 0.305 e. The standard InChI is InChI=1S/C14H21NO4S/c1-11-6-8-13(9-7-11)12(2)15-20(17,18)10-4-5-14(16)19-3/h6-9,12,15H,4-5,10H2,1-3H3. The van der Waals surface area contributed by atoms with Crippen molar-refractivity contribution in [2.75, 3.05) is 12.9 Å². The molecule has 0 radical (unpaired) electrons. The van der Waals surface area contributed by atoms with Crippen LogP contribution in [0.1, 0.15) is 36.9 Å². The maximum absolute atomic E-state index is 11.9. The second-order valence-corrected chi connectivity index (χ2v) is 6.62. The summed E-state index contributed by atoms with van der Waals surface area (Å²) in [6.07, 6.45) is 0.360. The van der Waals surface area contributed by atoms with Gasteiger partial charge in [0.15, 0.2) is 0 Å². The minimum atomic E-state index is -3.40. The highest BCUT2D eigenvalue weighted by molar-refractivity contribution is 7.89. The molecule has 0 saturated carbocycles. The lowest BCUT2D eigenvalue weighted by molar-refractivity contribution is -0.140. The summed E-state index contributed by atoms with van der Waals surface area (Å²) in [5.41, 5.74) is 2.04. The van der Waals surface area contributed by atoms with Crippen LogP contribution in [0.2, 0.25) is 0 Å². The average Bonchev–Trinajstić information content (AvgIpc) is 2.38. The lowest BCUT2D eigenvalue weighted by atomic mass is 10.1. The van der Waals surface area contributed by atoms with Gasteiger partial charge >= 0.3 is 5.97 Å². The van der Waals surface area contributed by atoms with E-state index in [9.17, 15) is 13.2 Å². The van der Waals surface area contributed by atoms with Crippen molar-refractivity contribution >= 4 is 16.0 Å². The average molecular weight is 299 g/mol. The van der Waals surface area contributed by atoms with Crippen LogP contribution < -0.4 is 4.72 Å². The summed E-state index contributed by atoms with van der Waals surface area (Å²) >= 11 is 0. The molecule has 0 aliphatic carbocycles. The number of hydrogen-bond donors (Lipinski definition) is 1. The Labute approximate surface area is 120 Å². The van der Waals surface area contributed by atoms with Crippen LogP contribution in [-0.2, 0) is 19.6 Å². The Balaban J connectivity index is 2.53. The third-order valence-electron chi connectivity index (χ3n) is 2.96. The lowest BCUT2D eigenvalue weighted by Crippen LogP contribution is -2.29. The van der Waals surface area contributed by atoms with Crippen molar-refractivity contribution in [2.24, 2.45) is 0 Å². The van der Waals surface area contributed by atoms with Crippen molar-refractivity contribution in [3.63, 3.8) is 0 Å². The Morgan fingerprint density at radius 1 is 1.30 bits per heavy atom. The number of hydrogen-bond acceptors (Lipinski definition) is 4. The third kappa shape index (κ3) is 5.71. The molecule has 1 atom stereocenters. The molecule has 112 valence electrons. The first-order valence-electron chi connectivity index (χ1n) is 6.47. The van der Waals surface area contributed by atoms with Gasteiger partial charge in [-0.3, -0.25) is 4.79 Å². The van der Waals surface area contributed by atoms with Gasteiger partial charge in [-0.1, -0.05) is 29.8 Å². The van der Waals surface area contributed by atoms with Crippen molar-refractivity contribution < 1.29 is 17.9 Å². The first-order valence-corrected chi connectivity index (χ1v) is 8.12. The van der Waals surface area contributed by atoms with Crippen molar-refractivity contribution in [3.05, 3.63) is 35.4 Å². The zero-order chi connectivity index (χ0) is 15.2. The summed E-state index contributed by atoms with van der Waals surface area (Å²) in [6, 6.07) is 7.39. The molecule has 1 aromatic rings.